The first-order chi connectivity index (χ1) is 15.3. The molecular weight excluding hydrogens is 394 g/mol. The molecule has 2 aliphatic rings. The molecule has 0 unspecified atom stereocenters. The van der Waals surface area contributed by atoms with E-state index in [-0.39, 0.29) is 24.3 Å². The van der Waals surface area contributed by atoms with Gasteiger partial charge in [-0.05, 0) is 42.5 Å². The summed E-state index contributed by atoms with van der Waals surface area (Å²) in [5.74, 6) is 1.38. The van der Waals surface area contributed by atoms with E-state index in [0.29, 0.717) is 25.7 Å². The highest BCUT2D eigenvalue weighted by Crippen LogP contribution is 2.29. The number of nitrogens with zero attached hydrogens (tertiary/aromatic N) is 3. The number of ether oxygens (including phenoxy) is 3. The monoisotopic (exact) mass is 419 g/mol. The minimum absolute atomic E-state index is 0.00207. The highest BCUT2D eigenvalue weighted by molar-refractivity contribution is 5.61. The molecule has 8 heteroatoms. The number of hydrogen-bond acceptors (Lipinski definition) is 8. The first-order valence-electron chi connectivity index (χ1n) is 10.4. The second-order valence-electron chi connectivity index (χ2n) is 7.65. The van der Waals surface area contributed by atoms with Crippen molar-refractivity contribution < 1.29 is 14.2 Å². The van der Waals surface area contributed by atoms with E-state index in [4.69, 9.17) is 14.2 Å². The fourth-order valence-corrected chi connectivity index (χ4v) is 4.05. The first kappa shape index (κ1) is 19.9. The molecule has 3 aromatic rings. The van der Waals surface area contributed by atoms with Gasteiger partial charge in [-0.2, -0.15) is 0 Å². The van der Waals surface area contributed by atoms with Crippen molar-refractivity contribution in [2.75, 3.05) is 25.6 Å². The van der Waals surface area contributed by atoms with Crippen molar-refractivity contribution in [2.45, 2.75) is 30.8 Å². The number of benzene rings is 1. The van der Waals surface area contributed by atoms with E-state index in [9.17, 15) is 0 Å². The van der Waals surface area contributed by atoms with E-state index in [1.807, 2.05) is 48.5 Å². The Morgan fingerprint density at radius 3 is 2.52 bits per heavy atom. The topological polar surface area (TPSA) is 90.4 Å². The molecule has 0 radical (unpaired) electrons. The molecule has 4 atom stereocenters. The van der Waals surface area contributed by atoms with Gasteiger partial charge in [0.2, 0.25) is 5.95 Å². The Labute approximate surface area is 181 Å². The predicted octanol–water partition coefficient (Wildman–Crippen LogP) is 2.28. The number of aromatic nitrogens is 3. The Morgan fingerprint density at radius 1 is 0.935 bits per heavy atom. The Kier molecular flexibility index (Phi) is 5.75. The van der Waals surface area contributed by atoms with Gasteiger partial charge in [0, 0.05) is 24.5 Å². The quantitative estimate of drug-likeness (QED) is 0.603. The summed E-state index contributed by atoms with van der Waals surface area (Å²) in [4.78, 5) is 13.4. The lowest BCUT2D eigenvalue weighted by Crippen LogP contribution is -2.42. The van der Waals surface area contributed by atoms with Crippen LogP contribution in [0.1, 0.15) is 5.69 Å². The van der Waals surface area contributed by atoms with Gasteiger partial charge in [0.25, 0.3) is 0 Å². The molecule has 0 saturated carbocycles. The number of anilines is 1. The van der Waals surface area contributed by atoms with Crippen LogP contribution in [0.2, 0.25) is 0 Å². The van der Waals surface area contributed by atoms with E-state index >= 15 is 0 Å². The molecule has 2 aliphatic heterocycles. The van der Waals surface area contributed by atoms with Gasteiger partial charge in [0.15, 0.2) is 0 Å². The molecule has 8 nitrogen and oxygen atoms in total. The summed E-state index contributed by atoms with van der Waals surface area (Å²) in [6.45, 7) is 1.84. The zero-order chi connectivity index (χ0) is 21.0. The van der Waals surface area contributed by atoms with Gasteiger partial charge in [-0.25, -0.2) is 9.97 Å². The molecule has 1 aromatic carbocycles. The normalized spacial score (nSPS) is 24.7. The van der Waals surface area contributed by atoms with E-state index < -0.39 is 0 Å². The van der Waals surface area contributed by atoms with Crippen LogP contribution in [0.15, 0.2) is 60.9 Å². The van der Waals surface area contributed by atoms with Gasteiger partial charge in [-0.15, -0.1) is 0 Å². The molecule has 160 valence electrons. The molecule has 0 spiro atoms. The van der Waals surface area contributed by atoms with Crippen LogP contribution in [0.4, 0.5) is 5.95 Å². The molecule has 2 fully saturated rings. The largest absolute Gasteiger partial charge is 0.497 e. The average molecular weight is 419 g/mol. The van der Waals surface area contributed by atoms with Crippen LogP contribution in [0.5, 0.6) is 5.75 Å². The van der Waals surface area contributed by atoms with Crippen molar-refractivity contribution in [3.05, 3.63) is 66.6 Å². The van der Waals surface area contributed by atoms with Crippen molar-refractivity contribution in [1.29, 1.82) is 0 Å². The third-order valence-electron chi connectivity index (χ3n) is 5.68. The van der Waals surface area contributed by atoms with Crippen molar-refractivity contribution in [1.82, 2.24) is 20.3 Å². The van der Waals surface area contributed by atoms with Crippen molar-refractivity contribution >= 4 is 5.95 Å². The number of fused-ring (bicyclic) bond motifs is 1. The van der Waals surface area contributed by atoms with Gasteiger partial charge < -0.3 is 24.8 Å². The number of pyridine rings is 1. The van der Waals surface area contributed by atoms with Gasteiger partial charge in [-0.3, -0.25) is 4.98 Å². The summed E-state index contributed by atoms with van der Waals surface area (Å²) in [6, 6.07) is 15.7. The lowest BCUT2D eigenvalue weighted by Gasteiger charge is -2.18. The zero-order valence-corrected chi connectivity index (χ0v) is 17.3. The van der Waals surface area contributed by atoms with Crippen LogP contribution in [-0.4, -0.2) is 59.6 Å². The lowest BCUT2D eigenvalue weighted by atomic mass is 10.1. The maximum Gasteiger partial charge on any atom is 0.223 e. The van der Waals surface area contributed by atoms with E-state index in [0.717, 1.165) is 22.7 Å². The zero-order valence-electron chi connectivity index (χ0n) is 17.3. The molecule has 0 amide bonds. The minimum Gasteiger partial charge on any atom is -0.497 e. The Balaban J connectivity index is 1.21. The molecule has 2 aromatic heterocycles. The van der Waals surface area contributed by atoms with Crippen LogP contribution in [0, 0.1) is 0 Å². The number of hydrogen-bond donors (Lipinski definition) is 2. The lowest BCUT2D eigenvalue weighted by molar-refractivity contribution is 0.0674. The number of nitrogens with one attached hydrogen (secondary N) is 2. The molecule has 0 aliphatic carbocycles. The first-order valence-corrected chi connectivity index (χ1v) is 10.4. The summed E-state index contributed by atoms with van der Waals surface area (Å²) in [6.07, 6.45) is 3.51. The summed E-state index contributed by atoms with van der Waals surface area (Å²) in [5, 5.41) is 6.91. The standard InChI is InChI=1S/C23H25N5O3/c1-29-17-7-5-15(6-8-17)18-9-11-25-23(27-18)28-20-14-31-21-19(13-30-22(20)21)26-12-16-4-2-3-10-24-16/h2-11,19-22,26H,12-14H2,1H3,(H,25,27,28)/t19-,20-,21+,22+/m0/s1. The van der Waals surface area contributed by atoms with Crippen molar-refractivity contribution in [2.24, 2.45) is 0 Å². The number of rotatable bonds is 7. The molecule has 4 heterocycles. The summed E-state index contributed by atoms with van der Waals surface area (Å²) >= 11 is 0. The Bertz CT molecular complexity index is 1000. The fourth-order valence-electron chi connectivity index (χ4n) is 4.05. The summed E-state index contributed by atoms with van der Waals surface area (Å²) in [5.41, 5.74) is 2.85. The molecule has 5 rings (SSSR count). The Morgan fingerprint density at radius 2 is 1.74 bits per heavy atom. The fraction of sp³-hybridized carbons (Fsp3) is 0.348. The number of methoxy groups -OCH3 is 1. The SMILES string of the molecule is COc1ccc(-c2ccnc(N[C@H]3CO[C@H]4[C@@H]3OC[C@@H]4NCc3ccccn3)n2)cc1. The van der Waals surface area contributed by atoms with Crippen LogP contribution < -0.4 is 15.4 Å². The molecule has 31 heavy (non-hydrogen) atoms. The average Bonchev–Trinajstić information content (AvgIpc) is 3.42. The van der Waals surface area contributed by atoms with Gasteiger partial charge in [-0.1, -0.05) is 6.07 Å². The van der Waals surface area contributed by atoms with Crippen LogP contribution in [0.3, 0.4) is 0 Å². The van der Waals surface area contributed by atoms with Crippen molar-refractivity contribution in [3.63, 3.8) is 0 Å². The molecule has 2 saturated heterocycles. The minimum atomic E-state index is -0.0468. The van der Waals surface area contributed by atoms with E-state index in [2.05, 4.69) is 25.6 Å². The predicted molar refractivity (Wildman–Crippen MR) is 116 cm³/mol. The van der Waals surface area contributed by atoms with Gasteiger partial charge >= 0.3 is 0 Å². The smallest absolute Gasteiger partial charge is 0.223 e. The highest BCUT2D eigenvalue weighted by atomic mass is 16.6. The maximum absolute atomic E-state index is 6.06. The summed E-state index contributed by atoms with van der Waals surface area (Å²) in [7, 11) is 1.66. The third-order valence-corrected chi connectivity index (χ3v) is 5.68. The van der Waals surface area contributed by atoms with Crippen molar-refractivity contribution in [3.8, 4) is 17.0 Å². The third kappa shape index (κ3) is 4.36. The molecular formula is C23H25N5O3. The molecule has 2 N–H and O–H groups in total. The van der Waals surface area contributed by atoms with Crippen LogP contribution in [0.25, 0.3) is 11.3 Å². The Hall–Kier alpha value is -3.07. The maximum atomic E-state index is 6.06. The second kappa shape index (κ2) is 8.97. The highest BCUT2D eigenvalue weighted by Gasteiger charge is 2.47. The van der Waals surface area contributed by atoms with Gasteiger partial charge in [0.1, 0.15) is 18.0 Å². The second-order valence-corrected chi connectivity index (χ2v) is 7.65. The summed E-state index contributed by atoms with van der Waals surface area (Å²) < 4.78 is 17.4. The molecule has 0 bridgehead atoms. The van der Waals surface area contributed by atoms with Crippen LogP contribution in [-0.2, 0) is 16.0 Å². The van der Waals surface area contributed by atoms with Crippen LogP contribution >= 0.6 is 0 Å². The van der Waals surface area contributed by atoms with Gasteiger partial charge in [0.05, 0.1) is 43.8 Å². The van der Waals surface area contributed by atoms with E-state index in [1.165, 1.54) is 0 Å². The van der Waals surface area contributed by atoms with E-state index in [1.54, 1.807) is 19.5 Å².